The number of nitrogens with zero attached hydrogens (tertiary/aromatic N) is 3. The smallest absolute Gasteiger partial charge is 0.318 e. The van der Waals surface area contributed by atoms with E-state index in [1.807, 2.05) is 0 Å². The van der Waals surface area contributed by atoms with Gasteiger partial charge in [-0.1, -0.05) is 0 Å². The van der Waals surface area contributed by atoms with Gasteiger partial charge in [0.2, 0.25) is 0 Å². The number of hydrogen-bond acceptors (Lipinski definition) is 4. The number of likely N-dealkylation sites (N-methyl/N-ethyl adjacent to an activating group) is 1. The standard InChI is InChI=1S/C11H17F3N4/c1-9-5-17-10(6-16-9)7-18(4-3-15-2)8-11(12,13)14/h5-6,15H,3-4,7-8H2,1-2H3. The zero-order valence-electron chi connectivity index (χ0n) is 10.5. The summed E-state index contributed by atoms with van der Waals surface area (Å²) in [6.07, 6.45) is -1.14. The van der Waals surface area contributed by atoms with E-state index in [-0.39, 0.29) is 6.54 Å². The third kappa shape index (κ3) is 5.92. The number of rotatable bonds is 6. The van der Waals surface area contributed by atoms with Crippen molar-refractivity contribution in [3.63, 3.8) is 0 Å². The van der Waals surface area contributed by atoms with Crippen LogP contribution in [0.3, 0.4) is 0 Å². The predicted molar refractivity (Wildman–Crippen MR) is 62.0 cm³/mol. The minimum absolute atomic E-state index is 0.147. The lowest BCUT2D eigenvalue weighted by Gasteiger charge is -2.22. The van der Waals surface area contributed by atoms with Crippen LogP contribution in [-0.2, 0) is 6.54 Å². The van der Waals surface area contributed by atoms with Crippen molar-refractivity contribution in [2.24, 2.45) is 0 Å². The first-order valence-corrected chi connectivity index (χ1v) is 5.62. The zero-order chi connectivity index (χ0) is 13.6. The first-order chi connectivity index (χ1) is 8.40. The van der Waals surface area contributed by atoms with Crippen LogP contribution in [-0.4, -0.2) is 47.7 Å². The van der Waals surface area contributed by atoms with Crippen LogP contribution in [0.4, 0.5) is 13.2 Å². The van der Waals surface area contributed by atoms with Crippen molar-refractivity contribution in [3.8, 4) is 0 Å². The van der Waals surface area contributed by atoms with Crippen LogP contribution in [0.2, 0.25) is 0 Å². The van der Waals surface area contributed by atoms with Gasteiger partial charge in [-0.15, -0.1) is 0 Å². The van der Waals surface area contributed by atoms with E-state index in [0.717, 1.165) is 5.69 Å². The second kappa shape index (κ2) is 6.65. The monoisotopic (exact) mass is 262 g/mol. The summed E-state index contributed by atoms with van der Waals surface area (Å²) in [5.41, 5.74) is 1.29. The van der Waals surface area contributed by atoms with E-state index in [2.05, 4.69) is 15.3 Å². The fourth-order valence-corrected chi connectivity index (χ4v) is 1.47. The van der Waals surface area contributed by atoms with Crippen molar-refractivity contribution < 1.29 is 13.2 Å². The molecular formula is C11H17F3N4. The highest BCUT2D eigenvalue weighted by Crippen LogP contribution is 2.17. The van der Waals surface area contributed by atoms with Crippen molar-refractivity contribution in [3.05, 3.63) is 23.8 Å². The third-order valence-electron chi connectivity index (χ3n) is 2.30. The molecule has 18 heavy (non-hydrogen) atoms. The molecule has 1 N–H and O–H groups in total. The highest BCUT2D eigenvalue weighted by Gasteiger charge is 2.30. The van der Waals surface area contributed by atoms with Crippen LogP contribution in [0.15, 0.2) is 12.4 Å². The molecule has 0 saturated heterocycles. The van der Waals surface area contributed by atoms with E-state index in [4.69, 9.17) is 0 Å². The minimum atomic E-state index is -4.20. The molecule has 0 spiro atoms. The van der Waals surface area contributed by atoms with Gasteiger partial charge in [-0.3, -0.25) is 14.9 Å². The second-order valence-electron chi connectivity index (χ2n) is 4.08. The molecule has 0 atom stereocenters. The minimum Gasteiger partial charge on any atom is -0.318 e. The third-order valence-corrected chi connectivity index (χ3v) is 2.30. The Kier molecular flexibility index (Phi) is 5.49. The Morgan fingerprint density at radius 2 is 2.00 bits per heavy atom. The number of alkyl halides is 3. The van der Waals surface area contributed by atoms with Gasteiger partial charge in [0.25, 0.3) is 0 Å². The first-order valence-electron chi connectivity index (χ1n) is 5.62. The largest absolute Gasteiger partial charge is 0.401 e. The van der Waals surface area contributed by atoms with Gasteiger partial charge >= 0.3 is 6.18 Å². The molecule has 0 amide bonds. The van der Waals surface area contributed by atoms with E-state index in [1.165, 1.54) is 11.1 Å². The van der Waals surface area contributed by atoms with E-state index >= 15 is 0 Å². The molecule has 1 heterocycles. The van der Waals surface area contributed by atoms with Gasteiger partial charge < -0.3 is 5.32 Å². The Morgan fingerprint density at radius 3 is 2.50 bits per heavy atom. The molecule has 1 aromatic heterocycles. The Balaban J connectivity index is 2.62. The van der Waals surface area contributed by atoms with Gasteiger partial charge in [-0.05, 0) is 14.0 Å². The Hall–Kier alpha value is -1.21. The number of halogens is 3. The van der Waals surface area contributed by atoms with E-state index in [0.29, 0.717) is 18.8 Å². The summed E-state index contributed by atoms with van der Waals surface area (Å²) >= 11 is 0. The predicted octanol–water partition coefficient (Wildman–Crippen LogP) is 1.37. The number of aryl methyl sites for hydroxylation is 1. The average Bonchev–Trinajstić information content (AvgIpc) is 2.27. The Labute approximate surface area is 104 Å². The highest BCUT2D eigenvalue weighted by atomic mass is 19.4. The van der Waals surface area contributed by atoms with E-state index in [1.54, 1.807) is 20.2 Å². The molecule has 7 heteroatoms. The zero-order valence-corrected chi connectivity index (χ0v) is 10.5. The fourth-order valence-electron chi connectivity index (χ4n) is 1.47. The van der Waals surface area contributed by atoms with Gasteiger partial charge in [0.1, 0.15) is 0 Å². The molecule has 0 aliphatic rings. The summed E-state index contributed by atoms with van der Waals surface area (Å²) in [6.45, 7) is 1.80. The Bertz CT molecular complexity index is 350. The number of aromatic nitrogens is 2. The normalized spacial score (nSPS) is 12.1. The van der Waals surface area contributed by atoms with Crippen molar-refractivity contribution in [1.29, 1.82) is 0 Å². The number of nitrogens with one attached hydrogen (secondary N) is 1. The van der Waals surface area contributed by atoms with Crippen molar-refractivity contribution >= 4 is 0 Å². The molecule has 0 radical (unpaired) electrons. The van der Waals surface area contributed by atoms with Gasteiger partial charge in [-0.25, -0.2) is 0 Å². The Morgan fingerprint density at radius 1 is 1.28 bits per heavy atom. The lowest BCUT2D eigenvalue weighted by atomic mass is 10.3. The fraction of sp³-hybridized carbons (Fsp3) is 0.636. The summed E-state index contributed by atoms with van der Waals surface area (Å²) in [6, 6.07) is 0. The van der Waals surface area contributed by atoms with Gasteiger partial charge in [-0.2, -0.15) is 13.2 Å². The summed E-state index contributed by atoms with van der Waals surface area (Å²) < 4.78 is 37.2. The van der Waals surface area contributed by atoms with Crippen molar-refractivity contribution in [2.75, 3.05) is 26.7 Å². The molecule has 0 aliphatic carbocycles. The summed E-state index contributed by atoms with van der Waals surface area (Å²) in [4.78, 5) is 9.39. The van der Waals surface area contributed by atoms with Crippen LogP contribution in [0, 0.1) is 6.92 Å². The molecule has 0 aromatic carbocycles. The van der Waals surface area contributed by atoms with E-state index in [9.17, 15) is 13.2 Å². The summed E-state index contributed by atoms with van der Waals surface area (Å²) in [5.74, 6) is 0. The molecule has 4 nitrogen and oxygen atoms in total. The molecule has 1 aromatic rings. The quantitative estimate of drug-likeness (QED) is 0.840. The maximum absolute atomic E-state index is 12.4. The second-order valence-corrected chi connectivity index (χ2v) is 4.08. The van der Waals surface area contributed by atoms with Gasteiger partial charge in [0, 0.05) is 32.0 Å². The lowest BCUT2D eigenvalue weighted by Crippen LogP contribution is -2.37. The SMILES string of the molecule is CNCCN(Cc1cnc(C)cn1)CC(F)(F)F. The van der Waals surface area contributed by atoms with Crippen molar-refractivity contribution in [2.45, 2.75) is 19.6 Å². The number of hydrogen-bond donors (Lipinski definition) is 1. The van der Waals surface area contributed by atoms with Gasteiger partial charge in [0.05, 0.1) is 17.9 Å². The van der Waals surface area contributed by atoms with Crippen LogP contribution >= 0.6 is 0 Å². The lowest BCUT2D eigenvalue weighted by molar-refractivity contribution is -0.147. The maximum atomic E-state index is 12.4. The van der Waals surface area contributed by atoms with Crippen LogP contribution in [0.5, 0.6) is 0 Å². The molecule has 0 fully saturated rings. The van der Waals surface area contributed by atoms with Gasteiger partial charge in [0.15, 0.2) is 0 Å². The average molecular weight is 262 g/mol. The molecule has 0 aliphatic heterocycles. The van der Waals surface area contributed by atoms with E-state index < -0.39 is 12.7 Å². The maximum Gasteiger partial charge on any atom is 0.401 e. The van der Waals surface area contributed by atoms with Crippen LogP contribution in [0.1, 0.15) is 11.4 Å². The molecule has 0 unspecified atom stereocenters. The summed E-state index contributed by atoms with van der Waals surface area (Å²) in [5, 5.41) is 2.83. The molecule has 1 rings (SSSR count). The van der Waals surface area contributed by atoms with Crippen molar-refractivity contribution in [1.82, 2.24) is 20.2 Å². The molecule has 102 valence electrons. The molecule has 0 saturated carbocycles. The first kappa shape index (κ1) is 14.8. The summed E-state index contributed by atoms with van der Waals surface area (Å²) in [7, 11) is 1.71. The molecular weight excluding hydrogens is 245 g/mol. The highest BCUT2D eigenvalue weighted by molar-refractivity contribution is 5.00. The topological polar surface area (TPSA) is 41.0 Å². The van der Waals surface area contributed by atoms with Crippen LogP contribution < -0.4 is 5.32 Å². The molecule has 0 bridgehead atoms. The van der Waals surface area contributed by atoms with Crippen LogP contribution in [0.25, 0.3) is 0 Å².